The molecule has 2 aliphatic rings. The summed E-state index contributed by atoms with van der Waals surface area (Å²) in [4.78, 5) is 2.44. The smallest absolute Gasteiger partial charge is 0.165 e. The molecular weight excluding hydrogens is 238 g/mol. The SMILES string of the molecule is CCc1ccc2c(c1OC)OC[C@@H]1[C@@H]2CCCN1C. The average Bonchev–Trinajstić information content (AvgIpc) is 2.45. The van der Waals surface area contributed by atoms with Crippen LogP contribution < -0.4 is 9.47 Å². The topological polar surface area (TPSA) is 21.7 Å². The fourth-order valence-corrected chi connectivity index (χ4v) is 3.56. The summed E-state index contributed by atoms with van der Waals surface area (Å²) < 4.78 is 11.7. The molecule has 1 saturated heterocycles. The normalized spacial score (nSPS) is 26.3. The van der Waals surface area contributed by atoms with Crippen molar-refractivity contribution in [1.82, 2.24) is 4.90 Å². The number of hydrogen-bond donors (Lipinski definition) is 0. The maximum Gasteiger partial charge on any atom is 0.165 e. The number of likely N-dealkylation sites (tertiary alicyclic amines) is 1. The third kappa shape index (κ3) is 2.00. The van der Waals surface area contributed by atoms with E-state index in [0.717, 1.165) is 24.5 Å². The van der Waals surface area contributed by atoms with Gasteiger partial charge in [-0.25, -0.2) is 0 Å². The van der Waals surface area contributed by atoms with E-state index < -0.39 is 0 Å². The van der Waals surface area contributed by atoms with Crippen molar-refractivity contribution in [3.8, 4) is 11.5 Å². The van der Waals surface area contributed by atoms with Crippen LogP contribution in [0, 0.1) is 0 Å². The van der Waals surface area contributed by atoms with Crippen molar-refractivity contribution in [2.45, 2.75) is 38.1 Å². The van der Waals surface area contributed by atoms with Gasteiger partial charge in [-0.2, -0.15) is 0 Å². The summed E-state index contributed by atoms with van der Waals surface area (Å²) >= 11 is 0. The van der Waals surface area contributed by atoms with Gasteiger partial charge in [0.15, 0.2) is 11.5 Å². The van der Waals surface area contributed by atoms with Crippen LogP contribution in [0.3, 0.4) is 0 Å². The fraction of sp³-hybridized carbons (Fsp3) is 0.625. The van der Waals surface area contributed by atoms with Crippen LogP contribution in [-0.2, 0) is 6.42 Å². The minimum absolute atomic E-state index is 0.526. The predicted molar refractivity (Wildman–Crippen MR) is 76.3 cm³/mol. The van der Waals surface area contributed by atoms with Crippen molar-refractivity contribution in [2.75, 3.05) is 27.3 Å². The molecular formula is C16H23NO2. The van der Waals surface area contributed by atoms with E-state index in [-0.39, 0.29) is 0 Å². The molecule has 2 atom stereocenters. The van der Waals surface area contributed by atoms with Gasteiger partial charge in [0.2, 0.25) is 0 Å². The molecule has 1 fully saturated rings. The van der Waals surface area contributed by atoms with Gasteiger partial charge in [0.05, 0.1) is 13.2 Å². The van der Waals surface area contributed by atoms with E-state index in [1.165, 1.54) is 30.5 Å². The number of piperidine rings is 1. The largest absolute Gasteiger partial charge is 0.493 e. The van der Waals surface area contributed by atoms with Gasteiger partial charge in [-0.1, -0.05) is 19.1 Å². The minimum Gasteiger partial charge on any atom is -0.493 e. The molecule has 0 aromatic heterocycles. The van der Waals surface area contributed by atoms with Crippen LogP contribution >= 0.6 is 0 Å². The molecule has 3 nitrogen and oxygen atoms in total. The van der Waals surface area contributed by atoms with Gasteiger partial charge in [-0.05, 0) is 38.4 Å². The lowest BCUT2D eigenvalue weighted by Crippen LogP contribution is -2.47. The van der Waals surface area contributed by atoms with E-state index in [0.29, 0.717) is 12.0 Å². The molecule has 1 aromatic carbocycles. The quantitative estimate of drug-likeness (QED) is 0.817. The van der Waals surface area contributed by atoms with Gasteiger partial charge >= 0.3 is 0 Å². The molecule has 0 amide bonds. The molecule has 2 aliphatic heterocycles. The zero-order valence-electron chi connectivity index (χ0n) is 12.1. The molecule has 2 heterocycles. The number of ether oxygens (including phenoxy) is 2. The van der Waals surface area contributed by atoms with E-state index >= 15 is 0 Å². The number of rotatable bonds is 2. The van der Waals surface area contributed by atoms with Crippen molar-refractivity contribution in [3.63, 3.8) is 0 Å². The minimum atomic E-state index is 0.526. The highest BCUT2D eigenvalue weighted by Crippen LogP contribution is 2.46. The zero-order valence-corrected chi connectivity index (χ0v) is 12.1. The van der Waals surface area contributed by atoms with Crippen LogP contribution in [0.5, 0.6) is 11.5 Å². The van der Waals surface area contributed by atoms with Gasteiger partial charge < -0.3 is 9.47 Å². The highest BCUT2D eigenvalue weighted by Gasteiger charge is 2.37. The van der Waals surface area contributed by atoms with Gasteiger partial charge in [-0.15, -0.1) is 0 Å². The Morgan fingerprint density at radius 1 is 1.42 bits per heavy atom. The summed E-state index contributed by atoms with van der Waals surface area (Å²) in [6, 6.07) is 4.99. The molecule has 3 heteroatoms. The van der Waals surface area contributed by atoms with Crippen molar-refractivity contribution >= 4 is 0 Å². The van der Waals surface area contributed by atoms with Gasteiger partial charge in [0, 0.05) is 11.5 Å². The Morgan fingerprint density at radius 3 is 3.00 bits per heavy atom. The van der Waals surface area contributed by atoms with E-state index in [9.17, 15) is 0 Å². The highest BCUT2D eigenvalue weighted by atomic mass is 16.5. The lowest BCUT2D eigenvalue weighted by atomic mass is 9.81. The number of aryl methyl sites for hydroxylation is 1. The second kappa shape index (κ2) is 5.04. The van der Waals surface area contributed by atoms with Crippen LogP contribution in [0.4, 0.5) is 0 Å². The molecule has 104 valence electrons. The number of likely N-dealkylation sites (N-methyl/N-ethyl adjacent to an activating group) is 1. The van der Waals surface area contributed by atoms with Crippen molar-refractivity contribution in [1.29, 1.82) is 0 Å². The summed E-state index contributed by atoms with van der Waals surface area (Å²) in [6.07, 6.45) is 3.52. The summed E-state index contributed by atoms with van der Waals surface area (Å²) in [5.74, 6) is 2.55. The number of nitrogens with zero attached hydrogens (tertiary/aromatic N) is 1. The summed E-state index contributed by atoms with van der Waals surface area (Å²) in [6.45, 7) is 4.13. The molecule has 1 aromatic rings. The standard InChI is InChI=1S/C16H23NO2/c1-4-11-7-8-13-12-6-5-9-17(2)14(12)10-19-16(13)15(11)18-3/h7-8,12,14H,4-6,9-10H2,1-3H3/t12-,14-/m1/s1. The molecule has 0 saturated carbocycles. The van der Waals surface area contributed by atoms with Crippen molar-refractivity contribution in [2.24, 2.45) is 0 Å². The predicted octanol–water partition coefficient (Wildman–Crippen LogP) is 2.83. The molecule has 3 rings (SSSR count). The first-order valence-corrected chi connectivity index (χ1v) is 7.29. The Hall–Kier alpha value is -1.22. The Labute approximate surface area is 115 Å². The third-order valence-electron chi connectivity index (χ3n) is 4.66. The molecule has 0 spiro atoms. The molecule has 0 bridgehead atoms. The van der Waals surface area contributed by atoms with Crippen molar-refractivity contribution in [3.05, 3.63) is 23.3 Å². The van der Waals surface area contributed by atoms with Crippen LogP contribution in [0.2, 0.25) is 0 Å². The highest BCUT2D eigenvalue weighted by molar-refractivity contribution is 5.54. The maximum atomic E-state index is 6.06. The first-order chi connectivity index (χ1) is 9.26. The summed E-state index contributed by atoms with van der Waals surface area (Å²) in [5, 5.41) is 0. The van der Waals surface area contributed by atoms with Crippen LogP contribution in [-0.4, -0.2) is 38.3 Å². The van der Waals surface area contributed by atoms with Gasteiger partial charge in [-0.3, -0.25) is 4.90 Å². The second-order valence-electron chi connectivity index (χ2n) is 5.64. The average molecular weight is 261 g/mol. The summed E-state index contributed by atoms with van der Waals surface area (Å²) in [5.41, 5.74) is 2.58. The number of methoxy groups -OCH3 is 1. The molecule has 0 aliphatic carbocycles. The Kier molecular flexibility index (Phi) is 3.40. The Morgan fingerprint density at radius 2 is 2.26 bits per heavy atom. The van der Waals surface area contributed by atoms with Gasteiger partial charge in [0.1, 0.15) is 6.61 Å². The number of fused-ring (bicyclic) bond motifs is 3. The fourth-order valence-electron chi connectivity index (χ4n) is 3.56. The van der Waals surface area contributed by atoms with Crippen molar-refractivity contribution < 1.29 is 9.47 Å². The number of hydrogen-bond acceptors (Lipinski definition) is 3. The van der Waals surface area contributed by atoms with Crippen LogP contribution in [0.1, 0.15) is 36.8 Å². The molecule has 0 unspecified atom stereocenters. The zero-order chi connectivity index (χ0) is 13.4. The maximum absolute atomic E-state index is 6.06. The first kappa shape index (κ1) is 12.8. The van der Waals surface area contributed by atoms with E-state index in [1.54, 1.807) is 7.11 Å². The first-order valence-electron chi connectivity index (χ1n) is 7.29. The third-order valence-corrected chi connectivity index (χ3v) is 4.66. The Bertz CT molecular complexity index is 472. The summed E-state index contributed by atoms with van der Waals surface area (Å²) in [7, 11) is 3.96. The molecule has 0 radical (unpaired) electrons. The number of benzene rings is 1. The van der Waals surface area contributed by atoms with E-state index in [4.69, 9.17) is 9.47 Å². The Balaban J connectivity index is 2.04. The second-order valence-corrected chi connectivity index (χ2v) is 5.64. The van der Waals surface area contributed by atoms with Gasteiger partial charge in [0.25, 0.3) is 0 Å². The molecule has 0 N–H and O–H groups in total. The van der Waals surface area contributed by atoms with E-state index in [2.05, 4.69) is 31.0 Å². The van der Waals surface area contributed by atoms with E-state index in [1.807, 2.05) is 0 Å². The molecule has 19 heavy (non-hydrogen) atoms. The lowest BCUT2D eigenvalue weighted by molar-refractivity contribution is 0.0846. The lowest BCUT2D eigenvalue weighted by Gasteiger charge is -2.43. The van der Waals surface area contributed by atoms with Crippen LogP contribution in [0.15, 0.2) is 12.1 Å². The van der Waals surface area contributed by atoms with Crippen LogP contribution in [0.25, 0.3) is 0 Å². The monoisotopic (exact) mass is 261 g/mol.